The second-order valence-corrected chi connectivity index (χ2v) is 7.08. The number of nitrogens with zero attached hydrogens (tertiary/aromatic N) is 3. The zero-order valence-corrected chi connectivity index (χ0v) is 17.3. The highest BCUT2D eigenvalue weighted by Gasteiger charge is 2.37. The quantitative estimate of drug-likeness (QED) is 0.395. The van der Waals surface area contributed by atoms with Crippen molar-refractivity contribution in [3.8, 4) is 0 Å². The van der Waals surface area contributed by atoms with Gasteiger partial charge in [-0.3, -0.25) is 9.67 Å². The van der Waals surface area contributed by atoms with Gasteiger partial charge in [-0.25, -0.2) is 0 Å². The van der Waals surface area contributed by atoms with Crippen molar-refractivity contribution in [3.05, 3.63) is 18.0 Å². The minimum atomic E-state index is 0. The molecule has 1 saturated carbocycles. The number of aliphatic imine (C=N–C) groups is 1. The summed E-state index contributed by atoms with van der Waals surface area (Å²) < 4.78 is 1.84. The van der Waals surface area contributed by atoms with Crippen LogP contribution in [-0.2, 0) is 13.5 Å². The van der Waals surface area contributed by atoms with Crippen LogP contribution in [-0.4, -0.2) is 35.9 Å². The Morgan fingerprint density at radius 3 is 2.61 bits per heavy atom. The van der Waals surface area contributed by atoms with Crippen molar-refractivity contribution >= 4 is 29.9 Å². The van der Waals surface area contributed by atoms with Crippen molar-refractivity contribution in [2.45, 2.75) is 46.0 Å². The second-order valence-electron chi connectivity index (χ2n) is 7.08. The molecule has 1 aromatic heterocycles. The second kappa shape index (κ2) is 9.49. The van der Waals surface area contributed by atoms with Gasteiger partial charge >= 0.3 is 0 Å². The lowest BCUT2D eigenvalue weighted by Crippen LogP contribution is -2.47. The van der Waals surface area contributed by atoms with E-state index >= 15 is 0 Å². The molecule has 1 aromatic rings. The smallest absolute Gasteiger partial charge is 0.191 e. The van der Waals surface area contributed by atoms with Crippen molar-refractivity contribution in [3.63, 3.8) is 0 Å². The molecule has 23 heavy (non-hydrogen) atoms. The zero-order valence-electron chi connectivity index (χ0n) is 14.9. The summed E-state index contributed by atoms with van der Waals surface area (Å²) in [6.07, 6.45) is 10.3. The van der Waals surface area contributed by atoms with E-state index in [-0.39, 0.29) is 24.0 Å². The number of guanidine groups is 1. The monoisotopic (exact) mass is 433 g/mol. The summed E-state index contributed by atoms with van der Waals surface area (Å²) in [6, 6.07) is 0. The first-order valence-corrected chi connectivity index (χ1v) is 8.45. The van der Waals surface area contributed by atoms with Gasteiger partial charge in [-0.1, -0.05) is 20.3 Å². The van der Waals surface area contributed by atoms with E-state index in [4.69, 9.17) is 0 Å². The van der Waals surface area contributed by atoms with Crippen molar-refractivity contribution < 1.29 is 0 Å². The Bertz CT molecular complexity index is 491. The van der Waals surface area contributed by atoms with E-state index in [0.717, 1.165) is 31.4 Å². The molecule has 0 radical (unpaired) electrons. The number of aromatic nitrogens is 2. The van der Waals surface area contributed by atoms with Gasteiger partial charge in [-0.15, -0.1) is 24.0 Å². The summed E-state index contributed by atoms with van der Waals surface area (Å²) in [7, 11) is 3.79. The summed E-state index contributed by atoms with van der Waals surface area (Å²) in [5.74, 6) is 1.68. The van der Waals surface area contributed by atoms with Gasteiger partial charge in [-0.05, 0) is 42.6 Å². The fourth-order valence-corrected chi connectivity index (χ4v) is 3.41. The highest BCUT2D eigenvalue weighted by atomic mass is 127. The molecule has 0 bridgehead atoms. The first kappa shape index (κ1) is 20.3. The fourth-order valence-electron chi connectivity index (χ4n) is 3.41. The molecule has 1 heterocycles. The normalized spacial score (nSPS) is 16.7. The molecular weight excluding hydrogens is 401 g/mol. The largest absolute Gasteiger partial charge is 0.356 e. The summed E-state index contributed by atoms with van der Waals surface area (Å²) in [4.78, 5) is 4.34. The number of hydrogen-bond donors (Lipinski definition) is 2. The molecule has 0 spiro atoms. The summed E-state index contributed by atoms with van der Waals surface area (Å²) in [5, 5.41) is 11.1. The van der Waals surface area contributed by atoms with Crippen molar-refractivity contribution in [2.24, 2.45) is 23.4 Å². The van der Waals surface area contributed by atoms with E-state index in [0.29, 0.717) is 5.41 Å². The average Bonchev–Trinajstić information content (AvgIpc) is 2.84. The molecule has 0 unspecified atom stereocenters. The maximum Gasteiger partial charge on any atom is 0.191 e. The molecule has 6 heteroatoms. The van der Waals surface area contributed by atoms with Gasteiger partial charge in [0, 0.05) is 33.4 Å². The predicted octanol–water partition coefficient (Wildman–Crippen LogP) is 2.96. The van der Waals surface area contributed by atoms with Crippen molar-refractivity contribution in [1.29, 1.82) is 0 Å². The third kappa shape index (κ3) is 6.31. The Labute approximate surface area is 157 Å². The summed E-state index contributed by atoms with van der Waals surface area (Å²) in [6.45, 7) is 6.56. The first-order valence-electron chi connectivity index (χ1n) is 8.45. The van der Waals surface area contributed by atoms with E-state index in [9.17, 15) is 0 Å². The van der Waals surface area contributed by atoms with Crippen LogP contribution in [0.5, 0.6) is 0 Å². The number of halogens is 1. The average molecular weight is 433 g/mol. The van der Waals surface area contributed by atoms with Crippen LogP contribution >= 0.6 is 24.0 Å². The molecule has 1 aliphatic rings. The number of rotatable bonds is 7. The standard InChI is InChI=1S/C17H31N5.HI/c1-14(2)10-17(7-5-8-17)13-20-16(18-3)19-9-6-15-11-21-22(4)12-15;/h11-12,14H,5-10,13H2,1-4H3,(H2,18,19,20);1H. The van der Waals surface area contributed by atoms with Gasteiger partial charge in [-0.2, -0.15) is 5.10 Å². The summed E-state index contributed by atoms with van der Waals surface area (Å²) in [5.41, 5.74) is 1.75. The predicted molar refractivity (Wildman–Crippen MR) is 107 cm³/mol. The molecule has 0 aliphatic heterocycles. The molecule has 0 aromatic carbocycles. The Hall–Kier alpha value is -0.790. The van der Waals surface area contributed by atoms with Crippen molar-refractivity contribution in [1.82, 2.24) is 20.4 Å². The van der Waals surface area contributed by atoms with Crippen LogP contribution in [0.15, 0.2) is 17.4 Å². The highest BCUT2D eigenvalue weighted by molar-refractivity contribution is 14.0. The Balaban J connectivity index is 0.00000264. The highest BCUT2D eigenvalue weighted by Crippen LogP contribution is 2.45. The van der Waals surface area contributed by atoms with Gasteiger partial charge in [0.25, 0.3) is 0 Å². The van der Waals surface area contributed by atoms with Gasteiger partial charge in [0.1, 0.15) is 0 Å². The van der Waals surface area contributed by atoms with E-state index in [1.165, 1.54) is 31.2 Å². The molecule has 1 fully saturated rings. The molecular formula is C17H32IN5. The van der Waals surface area contributed by atoms with E-state index in [1.807, 2.05) is 25.0 Å². The molecule has 5 nitrogen and oxygen atoms in total. The number of nitrogens with one attached hydrogen (secondary N) is 2. The number of aryl methyl sites for hydroxylation is 1. The van der Waals surface area contributed by atoms with Crippen LogP contribution in [0.25, 0.3) is 0 Å². The first-order chi connectivity index (χ1) is 10.5. The third-order valence-corrected chi connectivity index (χ3v) is 4.57. The SMILES string of the molecule is CN=C(NCCc1cnn(C)c1)NCC1(CC(C)C)CCC1.I. The van der Waals surface area contributed by atoms with E-state index in [1.54, 1.807) is 0 Å². The lowest BCUT2D eigenvalue weighted by atomic mass is 9.64. The van der Waals surface area contributed by atoms with Gasteiger partial charge in [0.2, 0.25) is 0 Å². The van der Waals surface area contributed by atoms with Gasteiger partial charge in [0.05, 0.1) is 6.20 Å². The van der Waals surface area contributed by atoms with E-state index in [2.05, 4.69) is 40.8 Å². The molecule has 132 valence electrons. The topological polar surface area (TPSA) is 54.2 Å². The van der Waals surface area contributed by atoms with Gasteiger partial charge in [0.15, 0.2) is 5.96 Å². The molecule has 1 aliphatic carbocycles. The Morgan fingerprint density at radius 2 is 2.13 bits per heavy atom. The van der Waals surface area contributed by atoms with Crippen molar-refractivity contribution in [2.75, 3.05) is 20.1 Å². The Morgan fingerprint density at radius 1 is 1.39 bits per heavy atom. The fraction of sp³-hybridized carbons (Fsp3) is 0.765. The van der Waals surface area contributed by atoms with Crippen LogP contribution in [0, 0.1) is 11.3 Å². The number of hydrogen-bond acceptors (Lipinski definition) is 2. The maximum absolute atomic E-state index is 4.34. The maximum atomic E-state index is 4.34. The van der Waals surface area contributed by atoms with Crippen LogP contribution < -0.4 is 10.6 Å². The molecule has 2 rings (SSSR count). The lowest BCUT2D eigenvalue weighted by molar-refractivity contribution is 0.104. The third-order valence-electron chi connectivity index (χ3n) is 4.57. The minimum Gasteiger partial charge on any atom is -0.356 e. The van der Waals surface area contributed by atoms with Gasteiger partial charge < -0.3 is 10.6 Å². The molecule has 2 N–H and O–H groups in total. The van der Waals surface area contributed by atoms with Crippen LogP contribution in [0.4, 0.5) is 0 Å². The van der Waals surface area contributed by atoms with Crippen LogP contribution in [0.2, 0.25) is 0 Å². The lowest BCUT2D eigenvalue weighted by Gasteiger charge is -2.43. The summed E-state index contributed by atoms with van der Waals surface area (Å²) >= 11 is 0. The minimum absolute atomic E-state index is 0. The van der Waals surface area contributed by atoms with Crippen LogP contribution in [0.3, 0.4) is 0 Å². The Kier molecular flexibility index (Phi) is 8.36. The van der Waals surface area contributed by atoms with Crippen LogP contribution in [0.1, 0.15) is 45.1 Å². The molecule has 0 amide bonds. The molecule has 0 saturated heterocycles. The van der Waals surface area contributed by atoms with E-state index < -0.39 is 0 Å². The molecule has 0 atom stereocenters. The zero-order chi connectivity index (χ0) is 16.0.